The number of hydrogen-bond donors (Lipinski definition) is 2. The molecule has 0 bridgehead atoms. The predicted molar refractivity (Wildman–Crippen MR) is 100 cm³/mol. The van der Waals surface area contributed by atoms with Crippen LogP contribution >= 0.6 is 0 Å². The van der Waals surface area contributed by atoms with Crippen LogP contribution in [0.5, 0.6) is 0 Å². The van der Waals surface area contributed by atoms with Gasteiger partial charge in [-0.25, -0.2) is 28.1 Å². The minimum Gasteiger partial charge on any atom is -0.390 e. The van der Waals surface area contributed by atoms with Gasteiger partial charge < -0.3 is 14.0 Å². The maximum atomic E-state index is 12.7. The average molecular weight is 385 g/mol. The van der Waals surface area contributed by atoms with Gasteiger partial charge in [0.15, 0.2) is 0 Å². The third kappa shape index (κ3) is 5.49. The lowest BCUT2D eigenvalue weighted by atomic mass is 10.2. The molecule has 1 aromatic heterocycles. The first kappa shape index (κ1) is 22.0. The van der Waals surface area contributed by atoms with Gasteiger partial charge in [-0.05, 0) is 19.8 Å². The van der Waals surface area contributed by atoms with E-state index in [9.17, 15) is 24.0 Å². The Morgan fingerprint density at radius 3 is 1.73 bits per heavy atom. The van der Waals surface area contributed by atoms with Crippen LogP contribution in [0, 0.1) is 5.92 Å². The van der Waals surface area contributed by atoms with E-state index >= 15 is 0 Å². The Balaban J connectivity index is 3.48. The second-order valence-corrected chi connectivity index (χ2v) is 9.10. The van der Waals surface area contributed by atoms with Crippen molar-refractivity contribution in [2.24, 2.45) is 5.92 Å². The van der Waals surface area contributed by atoms with E-state index in [-0.39, 0.29) is 25.7 Å². The van der Waals surface area contributed by atoms with Crippen LogP contribution in [0.15, 0.2) is 38.7 Å². The Hall–Kier alpha value is -2.01. The average Bonchev–Trinajstić information content (AvgIpc) is 2.51. The third-order valence-electron chi connectivity index (χ3n) is 3.68. The van der Waals surface area contributed by atoms with Crippen molar-refractivity contribution in [2.75, 3.05) is 7.11 Å². The summed E-state index contributed by atoms with van der Waals surface area (Å²) >= 11 is 0. The minimum absolute atomic E-state index is 0.0146. The molecule has 26 heavy (non-hydrogen) atoms. The minimum atomic E-state index is -3.84. The van der Waals surface area contributed by atoms with Gasteiger partial charge in [0.2, 0.25) is 0 Å². The summed E-state index contributed by atoms with van der Waals surface area (Å²) in [5.41, 5.74) is -1.07. The van der Waals surface area contributed by atoms with Gasteiger partial charge in [-0.15, -0.1) is 0 Å². The molecule has 0 aromatic carbocycles. The summed E-state index contributed by atoms with van der Waals surface area (Å²) in [4.78, 5) is 57.3. The van der Waals surface area contributed by atoms with E-state index in [1.807, 2.05) is 0 Å². The second-order valence-electron chi connectivity index (χ2n) is 6.80. The van der Waals surface area contributed by atoms with Gasteiger partial charge in [0, 0.05) is 19.7 Å². The number of rotatable bonds is 9. The largest absolute Gasteiger partial charge is 0.495 e. The van der Waals surface area contributed by atoms with Gasteiger partial charge in [0.1, 0.15) is 0 Å². The molecular formula is C16H27N3O6Si. The standard InChI is InChI=1S/C16H27N3O6Si/c1-11(2)7-17-14(20)18(8-12(3)4)16(22)19(15(17)21)9-13(5)10-26(23,24)25-6/h13,23-24H,1,3,7-10H2,2,4-6H3. The Bertz CT molecular complexity index is 810. The molecule has 0 amide bonds. The van der Waals surface area contributed by atoms with Crippen molar-refractivity contribution in [3.63, 3.8) is 0 Å². The zero-order valence-corrected chi connectivity index (χ0v) is 16.7. The summed E-state index contributed by atoms with van der Waals surface area (Å²) in [5, 5.41) is 0. The molecule has 0 saturated carbocycles. The molecule has 0 aliphatic rings. The molecule has 146 valence electrons. The van der Waals surface area contributed by atoms with Crippen LogP contribution in [0.2, 0.25) is 6.04 Å². The highest BCUT2D eigenvalue weighted by molar-refractivity contribution is 6.57. The normalized spacial score (nSPS) is 12.8. The van der Waals surface area contributed by atoms with Crippen molar-refractivity contribution in [3.05, 3.63) is 55.8 Å². The summed E-state index contributed by atoms with van der Waals surface area (Å²) < 4.78 is 7.49. The zero-order valence-electron chi connectivity index (χ0n) is 15.7. The molecule has 0 aliphatic heterocycles. The van der Waals surface area contributed by atoms with Crippen LogP contribution in [0.1, 0.15) is 20.8 Å². The second kappa shape index (κ2) is 8.58. The van der Waals surface area contributed by atoms with E-state index < -0.39 is 31.8 Å². The molecule has 0 spiro atoms. The van der Waals surface area contributed by atoms with Crippen LogP contribution in [-0.2, 0) is 24.1 Å². The molecule has 1 aromatic rings. The fourth-order valence-corrected chi connectivity index (χ4v) is 3.77. The number of nitrogens with zero attached hydrogens (tertiary/aromatic N) is 3. The molecule has 10 heteroatoms. The molecule has 1 atom stereocenters. The highest BCUT2D eigenvalue weighted by Gasteiger charge is 2.33. The van der Waals surface area contributed by atoms with Crippen LogP contribution < -0.4 is 17.1 Å². The van der Waals surface area contributed by atoms with E-state index in [0.29, 0.717) is 11.1 Å². The van der Waals surface area contributed by atoms with Gasteiger partial charge in [-0.1, -0.05) is 31.2 Å². The van der Waals surface area contributed by atoms with E-state index in [2.05, 4.69) is 17.6 Å². The van der Waals surface area contributed by atoms with E-state index in [1.54, 1.807) is 20.8 Å². The van der Waals surface area contributed by atoms with Crippen LogP contribution in [0.4, 0.5) is 0 Å². The first-order valence-electron chi connectivity index (χ1n) is 8.12. The predicted octanol–water partition coefficient (Wildman–Crippen LogP) is -0.470. The Morgan fingerprint density at radius 1 is 1.00 bits per heavy atom. The molecule has 0 aliphatic carbocycles. The smallest absolute Gasteiger partial charge is 0.390 e. The van der Waals surface area contributed by atoms with Gasteiger partial charge in [-0.2, -0.15) is 0 Å². The van der Waals surface area contributed by atoms with Gasteiger partial charge in [-0.3, -0.25) is 0 Å². The van der Waals surface area contributed by atoms with Gasteiger partial charge in [0.05, 0.1) is 13.1 Å². The van der Waals surface area contributed by atoms with Crippen LogP contribution in [0.25, 0.3) is 0 Å². The van der Waals surface area contributed by atoms with Crippen LogP contribution in [0.3, 0.4) is 0 Å². The molecule has 2 N–H and O–H groups in total. The Labute approximate surface area is 152 Å². The molecule has 1 unspecified atom stereocenters. The van der Waals surface area contributed by atoms with Crippen LogP contribution in [-0.4, -0.2) is 39.2 Å². The quantitative estimate of drug-likeness (QED) is 0.439. The third-order valence-corrected chi connectivity index (χ3v) is 5.56. The molecule has 0 fully saturated rings. The fraction of sp³-hybridized carbons (Fsp3) is 0.562. The molecule has 1 heterocycles. The molecule has 9 nitrogen and oxygen atoms in total. The fourth-order valence-electron chi connectivity index (χ4n) is 2.56. The maximum absolute atomic E-state index is 12.7. The van der Waals surface area contributed by atoms with Crippen molar-refractivity contribution in [1.29, 1.82) is 0 Å². The molecule has 0 radical (unpaired) electrons. The number of hydrogen-bond acceptors (Lipinski definition) is 6. The summed E-state index contributed by atoms with van der Waals surface area (Å²) in [6.07, 6.45) is 0. The lowest BCUT2D eigenvalue weighted by Crippen LogP contribution is -2.55. The SMILES string of the molecule is C=C(C)Cn1c(=O)n(CC(=C)C)c(=O)n(CC(C)C[Si](O)(O)OC)c1=O. The summed E-state index contributed by atoms with van der Waals surface area (Å²) in [6.45, 7) is 12.3. The van der Waals surface area contributed by atoms with E-state index in [4.69, 9.17) is 0 Å². The highest BCUT2D eigenvalue weighted by atomic mass is 28.4. The lowest BCUT2D eigenvalue weighted by molar-refractivity contribution is 0.176. The van der Waals surface area contributed by atoms with Crippen molar-refractivity contribution in [2.45, 2.75) is 46.4 Å². The molecule has 1 rings (SSSR count). The van der Waals surface area contributed by atoms with E-state index in [1.165, 1.54) is 7.11 Å². The molecule has 0 saturated heterocycles. The van der Waals surface area contributed by atoms with Crippen molar-refractivity contribution >= 4 is 8.80 Å². The van der Waals surface area contributed by atoms with Crippen molar-refractivity contribution < 1.29 is 14.0 Å². The topological polar surface area (TPSA) is 116 Å². The first-order chi connectivity index (χ1) is 11.9. The summed E-state index contributed by atoms with van der Waals surface area (Å²) in [7, 11) is -2.65. The number of aromatic nitrogens is 3. The monoisotopic (exact) mass is 385 g/mol. The van der Waals surface area contributed by atoms with Gasteiger partial charge in [0.25, 0.3) is 0 Å². The maximum Gasteiger partial charge on any atom is 0.495 e. The zero-order chi connectivity index (χ0) is 20.2. The van der Waals surface area contributed by atoms with E-state index in [0.717, 1.165) is 13.7 Å². The lowest BCUT2D eigenvalue weighted by Gasteiger charge is -2.21. The Kier molecular flexibility index (Phi) is 7.27. The van der Waals surface area contributed by atoms with Crippen molar-refractivity contribution in [3.8, 4) is 0 Å². The van der Waals surface area contributed by atoms with Crippen molar-refractivity contribution in [1.82, 2.24) is 13.7 Å². The molecular weight excluding hydrogens is 358 g/mol. The van der Waals surface area contributed by atoms with Gasteiger partial charge >= 0.3 is 25.9 Å². The summed E-state index contributed by atoms with van der Waals surface area (Å²) in [5.74, 6) is -0.434. The highest BCUT2D eigenvalue weighted by Crippen LogP contribution is 2.13. The number of allylic oxidation sites excluding steroid dienone is 2. The first-order valence-corrected chi connectivity index (χ1v) is 10.1. The summed E-state index contributed by atoms with van der Waals surface area (Å²) in [6, 6.07) is -0.0878. The Morgan fingerprint density at radius 2 is 1.38 bits per heavy atom.